The lowest BCUT2D eigenvalue weighted by atomic mass is 10.1. The monoisotopic (exact) mass is 326 g/mol. The third-order valence-electron chi connectivity index (χ3n) is 3.93. The van der Waals surface area contributed by atoms with Crippen molar-refractivity contribution in [3.63, 3.8) is 0 Å². The van der Waals surface area contributed by atoms with Gasteiger partial charge in [-0.25, -0.2) is 0 Å². The van der Waals surface area contributed by atoms with E-state index >= 15 is 0 Å². The molecule has 0 spiro atoms. The molecule has 0 bridgehead atoms. The van der Waals surface area contributed by atoms with Crippen molar-refractivity contribution in [3.8, 4) is 0 Å². The number of nitrogens with one attached hydrogen (secondary N) is 3. The number of amides is 1. The molecule has 0 aliphatic heterocycles. The lowest BCUT2D eigenvalue weighted by molar-refractivity contribution is -0.114. The number of benzene rings is 1. The molecular formula is C16H18N6O2. The van der Waals surface area contributed by atoms with Gasteiger partial charge in [0.05, 0.1) is 12.7 Å². The molecule has 2 aromatic heterocycles. The average molecular weight is 326 g/mol. The average Bonchev–Trinajstić information content (AvgIpc) is 3.01. The second-order valence-corrected chi connectivity index (χ2v) is 5.67. The second-order valence-electron chi connectivity index (χ2n) is 5.67. The van der Waals surface area contributed by atoms with Crippen molar-refractivity contribution < 1.29 is 4.79 Å². The Hall–Kier alpha value is -3.16. The Kier molecular flexibility index (Phi) is 4.03. The number of aryl methyl sites for hydroxylation is 1. The summed E-state index contributed by atoms with van der Waals surface area (Å²) in [5, 5.41) is 9.71. The first-order valence-electron chi connectivity index (χ1n) is 7.46. The van der Waals surface area contributed by atoms with E-state index in [1.54, 1.807) is 11.9 Å². The Labute approximate surface area is 137 Å². The van der Waals surface area contributed by atoms with E-state index in [4.69, 9.17) is 0 Å². The van der Waals surface area contributed by atoms with Crippen molar-refractivity contribution >= 4 is 28.6 Å². The maximum Gasteiger partial charge on any atom is 0.263 e. The third-order valence-corrected chi connectivity index (χ3v) is 3.93. The number of carbonyl (C=O) groups is 1. The molecule has 3 N–H and O–H groups in total. The van der Waals surface area contributed by atoms with Gasteiger partial charge >= 0.3 is 0 Å². The molecule has 0 fully saturated rings. The first-order chi connectivity index (χ1) is 11.5. The molecule has 0 unspecified atom stereocenters. The number of anilines is 2. The number of hydrogen-bond donors (Lipinski definition) is 3. The van der Waals surface area contributed by atoms with E-state index in [0.29, 0.717) is 17.0 Å². The minimum Gasteiger partial charge on any atom is -0.336 e. The predicted octanol–water partition coefficient (Wildman–Crippen LogP) is 1.34. The number of carbonyl (C=O) groups excluding carboxylic acids is 1. The van der Waals surface area contributed by atoms with Gasteiger partial charge in [-0.15, -0.1) is 0 Å². The van der Waals surface area contributed by atoms with Crippen molar-refractivity contribution in [2.75, 3.05) is 23.8 Å². The fourth-order valence-corrected chi connectivity index (χ4v) is 2.38. The molecule has 0 saturated carbocycles. The van der Waals surface area contributed by atoms with Crippen molar-refractivity contribution in [2.24, 2.45) is 0 Å². The number of H-pyrrole nitrogens is 2. The highest BCUT2D eigenvalue weighted by molar-refractivity contribution is 5.94. The van der Waals surface area contributed by atoms with Crippen molar-refractivity contribution in [1.82, 2.24) is 20.2 Å². The SMILES string of the molecule is Cc1cccc(NC(=O)CN(C)c2nc3[nH]ncc3c(=O)[nH]2)c1C. The van der Waals surface area contributed by atoms with E-state index in [-0.39, 0.29) is 18.0 Å². The van der Waals surface area contributed by atoms with Gasteiger partial charge in [0.2, 0.25) is 11.9 Å². The fraction of sp³-hybridized carbons (Fsp3) is 0.250. The summed E-state index contributed by atoms with van der Waals surface area (Å²) in [6.07, 6.45) is 1.41. The van der Waals surface area contributed by atoms with Gasteiger partial charge in [0, 0.05) is 12.7 Å². The smallest absolute Gasteiger partial charge is 0.263 e. The van der Waals surface area contributed by atoms with Crippen LogP contribution < -0.4 is 15.8 Å². The summed E-state index contributed by atoms with van der Waals surface area (Å²) >= 11 is 0. The van der Waals surface area contributed by atoms with Gasteiger partial charge in [0.1, 0.15) is 5.39 Å². The normalized spacial score (nSPS) is 10.8. The standard InChI is InChI=1S/C16H18N6O2/c1-9-5-4-6-12(10(9)2)18-13(23)8-22(3)16-19-14-11(7-17-21-14)15(24)20-16/h4-7H,8H2,1-3H3,(H,18,23)(H2,17,19,20,21,24). The van der Waals surface area contributed by atoms with E-state index in [2.05, 4.69) is 25.5 Å². The van der Waals surface area contributed by atoms with E-state index in [1.165, 1.54) is 6.20 Å². The van der Waals surface area contributed by atoms with Crippen LogP contribution in [-0.2, 0) is 4.79 Å². The molecule has 1 amide bonds. The number of likely N-dealkylation sites (N-methyl/N-ethyl adjacent to an activating group) is 1. The minimum atomic E-state index is -0.300. The summed E-state index contributed by atoms with van der Waals surface area (Å²) in [6.45, 7) is 4.00. The van der Waals surface area contributed by atoms with E-state index in [1.807, 2.05) is 32.0 Å². The highest BCUT2D eigenvalue weighted by Gasteiger charge is 2.13. The number of fused-ring (bicyclic) bond motifs is 1. The highest BCUT2D eigenvalue weighted by atomic mass is 16.2. The zero-order chi connectivity index (χ0) is 17.3. The van der Waals surface area contributed by atoms with Gasteiger partial charge in [-0.3, -0.25) is 19.7 Å². The van der Waals surface area contributed by atoms with Crippen LogP contribution in [0.15, 0.2) is 29.2 Å². The molecule has 8 nitrogen and oxygen atoms in total. The zero-order valence-corrected chi connectivity index (χ0v) is 13.7. The van der Waals surface area contributed by atoms with Gasteiger partial charge in [-0.2, -0.15) is 10.1 Å². The summed E-state index contributed by atoms with van der Waals surface area (Å²) in [5.41, 5.74) is 3.00. The van der Waals surface area contributed by atoms with Crippen LogP contribution in [0.1, 0.15) is 11.1 Å². The predicted molar refractivity (Wildman–Crippen MR) is 92.3 cm³/mol. The van der Waals surface area contributed by atoms with Gasteiger partial charge in [-0.1, -0.05) is 12.1 Å². The number of hydrogen-bond acceptors (Lipinski definition) is 5. The molecule has 124 valence electrons. The Morgan fingerprint density at radius 2 is 2.12 bits per heavy atom. The molecule has 24 heavy (non-hydrogen) atoms. The van der Waals surface area contributed by atoms with Crippen LogP contribution >= 0.6 is 0 Å². The van der Waals surface area contributed by atoms with Crippen LogP contribution in [0.25, 0.3) is 11.0 Å². The first-order valence-corrected chi connectivity index (χ1v) is 7.46. The number of aromatic nitrogens is 4. The number of nitrogens with zero attached hydrogens (tertiary/aromatic N) is 3. The topological polar surface area (TPSA) is 107 Å². The van der Waals surface area contributed by atoms with Crippen LogP contribution in [0.3, 0.4) is 0 Å². The zero-order valence-electron chi connectivity index (χ0n) is 13.7. The largest absolute Gasteiger partial charge is 0.336 e. The number of aromatic amines is 2. The molecule has 3 aromatic rings. The molecule has 0 aliphatic rings. The first kappa shape index (κ1) is 15.7. The Morgan fingerprint density at radius 1 is 1.33 bits per heavy atom. The molecule has 1 aromatic carbocycles. The molecule has 0 atom stereocenters. The molecular weight excluding hydrogens is 308 g/mol. The fourth-order valence-electron chi connectivity index (χ4n) is 2.38. The Bertz CT molecular complexity index is 959. The van der Waals surface area contributed by atoms with Gasteiger partial charge in [0.15, 0.2) is 5.65 Å². The third kappa shape index (κ3) is 2.98. The van der Waals surface area contributed by atoms with Gasteiger partial charge in [-0.05, 0) is 31.0 Å². The quantitative estimate of drug-likeness (QED) is 0.671. The Balaban J connectivity index is 1.75. The second kappa shape index (κ2) is 6.15. The molecule has 2 heterocycles. The van der Waals surface area contributed by atoms with Crippen LogP contribution in [0, 0.1) is 13.8 Å². The van der Waals surface area contributed by atoms with Crippen LogP contribution in [0.2, 0.25) is 0 Å². The maximum absolute atomic E-state index is 12.3. The molecule has 0 radical (unpaired) electrons. The molecule has 0 saturated heterocycles. The van der Waals surface area contributed by atoms with E-state index < -0.39 is 0 Å². The van der Waals surface area contributed by atoms with Crippen molar-refractivity contribution in [1.29, 1.82) is 0 Å². The van der Waals surface area contributed by atoms with E-state index in [0.717, 1.165) is 16.8 Å². The summed E-state index contributed by atoms with van der Waals surface area (Å²) < 4.78 is 0. The Morgan fingerprint density at radius 3 is 2.92 bits per heavy atom. The van der Waals surface area contributed by atoms with Crippen LogP contribution in [-0.4, -0.2) is 39.7 Å². The lowest BCUT2D eigenvalue weighted by Gasteiger charge is -2.17. The number of rotatable bonds is 4. The summed E-state index contributed by atoms with van der Waals surface area (Å²) in [4.78, 5) is 32.7. The van der Waals surface area contributed by atoms with Crippen LogP contribution in [0.5, 0.6) is 0 Å². The summed E-state index contributed by atoms with van der Waals surface area (Å²) in [7, 11) is 1.68. The minimum absolute atomic E-state index is 0.0516. The van der Waals surface area contributed by atoms with Crippen LogP contribution in [0.4, 0.5) is 11.6 Å². The summed E-state index contributed by atoms with van der Waals surface area (Å²) in [6, 6.07) is 5.75. The maximum atomic E-state index is 12.3. The lowest BCUT2D eigenvalue weighted by Crippen LogP contribution is -2.32. The van der Waals surface area contributed by atoms with Gasteiger partial charge in [0.25, 0.3) is 5.56 Å². The summed E-state index contributed by atoms with van der Waals surface area (Å²) in [5.74, 6) is 0.103. The molecule has 0 aliphatic carbocycles. The van der Waals surface area contributed by atoms with Crippen molar-refractivity contribution in [3.05, 3.63) is 45.9 Å². The molecule has 3 rings (SSSR count). The molecule has 8 heteroatoms. The van der Waals surface area contributed by atoms with E-state index in [9.17, 15) is 9.59 Å². The van der Waals surface area contributed by atoms with Gasteiger partial charge < -0.3 is 10.2 Å². The van der Waals surface area contributed by atoms with Crippen molar-refractivity contribution in [2.45, 2.75) is 13.8 Å². The highest BCUT2D eigenvalue weighted by Crippen LogP contribution is 2.18.